The fourth-order valence-electron chi connectivity index (χ4n) is 3.38. The molecule has 2 aliphatic rings. The Morgan fingerprint density at radius 1 is 1.25 bits per heavy atom. The summed E-state index contributed by atoms with van der Waals surface area (Å²) in [7, 11) is 0. The van der Waals surface area contributed by atoms with E-state index in [0.717, 1.165) is 51.9 Å². The molecule has 20 heavy (non-hydrogen) atoms. The van der Waals surface area contributed by atoms with Crippen molar-refractivity contribution in [3.63, 3.8) is 0 Å². The molecule has 1 saturated carbocycles. The lowest BCUT2D eigenvalue weighted by Crippen LogP contribution is -2.53. The van der Waals surface area contributed by atoms with Gasteiger partial charge >= 0.3 is 0 Å². The van der Waals surface area contributed by atoms with Gasteiger partial charge in [0.15, 0.2) is 0 Å². The maximum atomic E-state index is 12.5. The summed E-state index contributed by atoms with van der Waals surface area (Å²) in [5.74, 6) is 0.433. The Balaban J connectivity index is 1.79. The molecule has 1 aliphatic carbocycles. The minimum atomic E-state index is -0.664. The number of β-amino-alcohol motifs (C(OH)–C–C–N with tert-alkyl or cyclic N) is 1. The summed E-state index contributed by atoms with van der Waals surface area (Å²) < 4.78 is 0. The molecule has 1 saturated heterocycles. The molecule has 0 bridgehead atoms. The second-order valence-electron chi connectivity index (χ2n) is 7.04. The van der Waals surface area contributed by atoms with Gasteiger partial charge in [0.1, 0.15) is 0 Å². The lowest BCUT2D eigenvalue weighted by molar-refractivity contribution is -0.138. The maximum Gasteiger partial charge on any atom is 0.225 e. The molecule has 0 aromatic heterocycles. The van der Waals surface area contributed by atoms with E-state index in [9.17, 15) is 9.90 Å². The Morgan fingerprint density at radius 3 is 2.45 bits per heavy atom. The average Bonchev–Trinajstić information content (AvgIpc) is 2.37. The Kier molecular flexibility index (Phi) is 5.04. The van der Waals surface area contributed by atoms with Crippen LogP contribution in [-0.2, 0) is 4.79 Å². The third-order valence-corrected chi connectivity index (χ3v) is 4.36. The lowest BCUT2D eigenvalue weighted by atomic mass is 9.85. The van der Waals surface area contributed by atoms with Gasteiger partial charge < -0.3 is 15.7 Å². The van der Waals surface area contributed by atoms with Crippen LogP contribution < -0.4 is 5.73 Å². The zero-order chi connectivity index (χ0) is 14.8. The first-order valence-electron chi connectivity index (χ1n) is 7.84. The first kappa shape index (κ1) is 15.7. The second kappa shape index (κ2) is 6.41. The van der Waals surface area contributed by atoms with E-state index in [1.54, 1.807) is 0 Å². The number of hydrogen-bond donors (Lipinski definition) is 2. The SMILES string of the molecule is CC(C)(O)CN1CCN(C(=O)C2CCCC(N)C2)CC1. The normalized spacial score (nSPS) is 29.5. The number of carbonyl (C=O) groups is 1. The molecule has 5 nitrogen and oxygen atoms in total. The first-order chi connectivity index (χ1) is 9.35. The molecule has 2 fully saturated rings. The smallest absolute Gasteiger partial charge is 0.225 e. The second-order valence-corrected chi connectivity index (χ2v) is 7.04. The number of carbonyl (C=O) groups excluding carboxylic acids is 1. The Labute approximate surface area is 122 Å². The molecule has 1 amide bonds. The van der Waals surface area contributed by atoms with E-state index in [4.69, 9.17) is 5.73 Å². The van der Waals surface area contributed by atoms with Crippen LogP contribution in [0.2, 0.25) is 0 Å². The van der Waals surface area contributed by atoms with Crippen LogP contribution in [0.4, 0.5) is 0 Å². The summed E-state index contributed by atoms with van der Waals surface area (Å²) in [6, 6.07) is 0.203. The molecule has 2 rings (SSSR count). The lowest BCUT2D eigenvalue weighted by Gasteiger charge is -2.39. The van der Waals surface area contributed by atoms with E-state index in [1.807, 2.05) is 18.7 Å². The molecular weight excluding hydrogens is 254 g/mol. The number of amides is 1. The molecule has 0 aromatic rings. The van der Waals surface area contributed by atoms with Crippen LogP contribution >= 0.6 is 0 Å². The fourth-order valence-corrected chi connectivity index (χ4v) is 3.38. The van der Waals surface area contributed by atoms with E-state index in [2.05, 4.69) is 4.90 Å². The van der Waals surface area contributed by atoms with Crippen molar-refractivity contribution in [2.45, 2.75) is 51.2 Å². The van der Waals surface area contributed by atoms with E-state index >= 15 is 0 Å². The minimum absolute atomic E-state index is 0.139. The predicted octanol–water partition coefficient (Wildman–Crippen LogP) is 0.419. The van der Waals surface area contributed by atoms with Crippen molar-refractivity contribution >= 4 is 5.91 Å². The zero-order valence-corrected chi connectivity index (χ0v) is 12.8. The van der Waals surface area contributed by atoms with Crippen LogP contribution in [0.3, 0.4) is 0 Å². The van der Waals surface area contributed by atoms with E-state index in [-0.39, 0.29) is 12.0 Å². The van der Waals surface area contributed by atoms with Crippen molar-refractivity contribution in [3.8, 4) is 0 Å². The third kappa shape index (κ3) is 4.43. The van der Waals surface area contributed by atoms with Gasteiger partial charge in [-0.1, -0.05) is 6.42 Å². The molecular formula is C15H29N3O2. The van der Waals surface area contributed by atoms with E-state index < -0.39 is 5.60 Å². The van der Waals surface area contributed by atoms with Crippen LogP contribution in [0.5, 0.6) is 0 Å². The Morgan fingerprint density at radius 2 is 1.90 bits per heavy atom. The van der Waals surface area contributed by atoms with E-state index in [0.29, 0.717) is 12.5 Å². The molecule has 0 radical (unpaired) electrons. The molecule has 2 atom stereocenters. The number of rotatable bonds is 3. The molecule has 0 spiro atoms. The van der Waals surface area contributed by atoms with Crippen LogP contribution in [0.1, 0.15) is 39.5 Å². The highest BCUT2D eigenvalue weighted by Gasteiger charge is 2.31. The molecule has 5 heteroatoms. The zero-order valence-electron chi connectivity index (χ0n) is 12.8. The van der Waals surface area contributed by atoms with Gasteiger partial charge in [-0.25, -0.2) is 0 Å². The highest BCUT2D eigenvalue weighted by molar-refractivity contribution is 5.79. The molecule has 116 valence electrons. The van der Waals surface area contributed by atoms with Crippen molar-refractivity contribution in [1.29, 1.82) is 0 Å². The van der Waals surface area contributed by atoms with Crippen molar-refractivity contribution in [3.05, 3.63) is 0 Å². The van der Waals surface area contributed by atoms with Crippen LogP contribution in [-0.4, -0.2) is 65.2 Å². The van der Waals surface area contributed by atoms with Gasteiger partial charge in [-0.2, -0.15) is 0 Å². The molecule has 1 heterocycles. The number of nitrogens with two attached hydrogens (primary N) is 1. The van der Waals surface area contributed by atoms with Gasteiger partial charge in [0.05, 0.1) is 5.60 Å². The van der Waals surface area contributed by atoms with Gasteiger partial charge in [-0.05, 0) is 33.1 Å². The number of aliphatic hydroxyl groups is 1. The monoisotopic (exact) mass is 283 g/mol. The number of piperazine rings is 1. The van der Waals surface area contributed by atoms with Crippen molar-refractivity contribution in [1.82, 2.24) is 9.80 Å². The molecule has 0 aromatic carbocycles. The predicted molar refractivity (Wildman–Crippen MR) is 79.3 cm³/mol. The summed E-state index contributed by atoms with van der Waals surface area (Å²) >= 11 is 0. The molecule has 2 unspecified atom stereocenters. The quantitative estimate of drug-likeness (QED) is 0.787. The number of hydrogen-bond acceptors (Lipinski definition) is 4. The minimum Gasteiger partial charge on any atom is -0.389 e. The van der Waals surface area contributed by atoms with Gasteiger partial charge in [-0.15, -0.1) is 0 Å². The topological polar surface area (TPSA) is 69.8 Å². The van der Waals surface area contributed by atoms with Crippen molar-refractivity contribution in [2.75, 3.05) is 32.7 Å². The first-order valence-corrected chi connectivity index (χ1v) is 7.84. The summed E-state index contributed by atoms with van der Waals surface area (Å²) in [5.41, 5.74) is 5.31. The Hall–Kier alpha value is -0.650. The maximum absolute atomic E-state index is 12.5. The summed E-state index contributed by atoms with van der Waals surface area (Å²) in [4.78, 5) is 16.7. The highest BCUT2D eigenvalue weighted by atomic mass is 16.3. The van der Waals surface area contributed by atoms with E-state index in [1.165, 1.54) is 0 Å². The molecule has 3 N–H and O–H groups in total. The highest BCUT2D eigenvalue weighted by Crippen LogP contribution is 2.25. The summed E-state index contributed by atoms with van der Waals surface area (Å²) in [5, 5.41) is 9.84. The Bertz CT molecular complexity index is 333. The standard InChI is InChI=1S/C15H29N3O2/c1-15(2,20)11-17-6-8-18(9-7-17)14(19)12-4-3-5-13(16)10-12/h12-13,20H,3-11,16H2,1-2H3. The van der Waals surface area contributed by atoms with Crippen LogP contribution in [0.15, 0.2) is 0 Å². The average molecular weight is 283 g/mol. The fraction of sp³-hybridized carbons (Fsp3) is 0.933. The van der Waals surface area contributed by atoms with Crippen molar-refractivity contribution < 1.29 is 9.90 Å². The number of nitrogens with zero attached hydrogens (tertiary/aromatic N) is 2. The van der Waals surface area contributed by atoms with Crippen LogP contribution in [0, 0.1) is 5.92 Å². The van der Waals surface area contributed by atoms with Gasteiger partial charge in [0.2, 0.25) is 5.91 Å². The third-order valence-electron chi connectivity index (χ3n) is 4.36. The summed E-state index contributed by atoms with van der Waals surface area (Å²) in [6.07, 6.45) is 3.98. The van der Waals surface area contributed by atoms with Gasteiger partial charge in [0.25, 0.3) is 0 Å². The molecule has 1 aliphatic heterocycles. The van der Waals surface area contributed by atoms with Gasteiger partial charge in [0, 0.05) is 44.7 Å². The van der Waals surface area contributed by atoms with Crippen molar-refractivity contribution in [2.24, 2.45) is 11.7 Å². The largest absolute Gasteiger partial charge is 0.389 e. The summed E-state index contributed by atoms with van der Waals surface area (Å²) in [6.45, 7) is 7.59. The van der Waals surface area contributed by atoms with Gasteiger partial charge in [-0.3, -0.25) is 9.69 Å². The van der Waals surface area contributed by atoms with Crippen LogP contribution in [0.25, 0.3) is 0 Å².